The molecule has 1 aromatic rings. The van der Waals surface area contributed by atoms with Gasteiger partial charge in [0, 0.05) is 6.54 Å². The van der Waals surface area contributed by atoms with Gasteiger partial charge in [-0.25, -0.2) is 0 Å². The number of hydrogen-bond acceptors (Lipinski definition) is 3. The number of nitrogens with one attached hydrogen (secondary N) is 1. The minimum atomic E-state index is -0.189. The normalized spacial score (nSPS) is 9.31. The third kappa shape index (κ3) is 3.65. The van der Waals surface area contributed by atoms with Crippen LogP contribution < -0.4 is 14.8 Å². The van der Waals surface area contributed by atoms with E-state index in [9.17, 15) is 4.79 Å². The predicted molar refractivity (Wildman–Crippen MR) is 61.7 cm³/mol. The predicted octanol–water partition coefficient (Wildman–Crippen LogP) is 1.38. The van der Waals surface area contributed by atoms with Gasteiger partial charge >= 0.3 is 0 Å². The Bertz CT molecular complexity index is 363. The van der Waals surface area contributed by atoms with Crippen molar-refractivity contribution in [2.45, 2.75) is 0 Å². The zero-order chi connectivity index (χ0) is 11.8. The lowest BCUT2D eigenvalue weighted by atomic mass is 10.3. The molecule has 0 saturated heterocycles. The standard InChI is InChI=1S/C12H15NO3/c1-3-8-13-12(14)9-16-11-7-5-4-6-10(11)15-2/h3-7H,1,8-9H2,2H3,(H,13,14). The van der Waals surface area contributed by atoms with Gasteiger partial charge in [0.1, 0.15) is 0 Å². The lowest BCUT2D eigenvalue weighted by molar-refractivity contribution is -0.122. The molecule has 0 heterocycles. The molecule has 0 aliphatic carbocycles. The molecule has 0 atom stereocenters. The molecule has 0 bridgehead atoms. The van der Waals surface area contributed by atoms with Gasteiger partial charge in [-0.3, -0.25) is 4.79 Å². The van der Waals surface area contributed by atoms with Crippen LogP contribution in [0.4, 0.5) is 0 Å². The van der Waals surface area contributed by atoms with Gasteiger partial charge < -0.3 is 14.8 Å². The zero-order valence-electron chi connectivity index (χ0n) is 9.23. The summed E-state index contributed by atoms with van der Waals surface area (Å²) in [5, 5.41) is 2.62. The summed E-state index contributed by atoms with van der Waals surface area (Å²) in [6, 6.07) is 7.18. The first kappa shape index (κ1) is 12.1. The van der Waals surface area contributed by atoms with Crippen molar-refractivity contribution < 1.29 is 14.3 Å². The monoisotopic (exact) mass is 221 g/mol. The maximum atomic E-state index is 11.3. The van der Waals surface area contributed by atoms with Crippen LogP contribution in [0.25, 0.3) is 0 Å². The summed E-state index contributed by atoms with van der Waals surface area (Å²) in [7, 11) is 1.56. The van der Waals surface area contributed by atoms with Crippen molar-refractivity contribution >= 4 is 5.91 Å². The molecule has 0 aliphatic heterocycles. The van der Waals surface area contributed by atoms with E-state index in [1.807, 2.05) is 12.1 Å². The second-order valence-corrected chi connectivity index (χ2v) is 3.03. The number of amides is 1. The molecule has 0 saturated carbocycles. The molecular weight excluding hydrogens is 206 g/mol. The van der Waals surface area contributed by atoms with E-state index in [1.165, 1.54) is 0 Å². The molecule has 0 spiro atoms. The van der Waals surface area contributed by atoms with E-state index in [1.54, 1.807) is 25.3 Å². The minimum absolute atomic E-state index is 0.0335. The molecule has 0 aromatic heterocycles. The molecule has 1 N–H and O–H groups in total. The lowest BCUT2D eigenvalue weighted by Gasteiger charge is -2.09. The minimum Gasteiger partial charge on any atom is -0.493 e. The first-order valence-electron chi connectivity index (χ1n) is 4.91. The van der Waals surface area contributed by atoms with Gasteiger partial charge in [-0.2, -0.15) is 0 Å². The Morgan fingerprint density at radius 3 is 2.75 bits per heavy atom. The molecule has 0 aliphatic rings. The number of rotatable bonds is 6. The van der Waals surface area contributed by atoms with Crippen LogP contribution in [0.3, 0.4) is 0 Å². The molecule has 0 fully saturated rings. The van der Waals surface area contributed by atoms with Crippen LogP contribution >= 0.6 is 0 Å². The average Bonchev–Trinajstić information content (AvgIpc) is 2.34. The van der Waals surface area contributed by atoms with Gasteiger partial charge in [-0.1, -0.05) is 18.2 Å². The fraction of sp³-hybridized carbons (Fsp3) is 0.250. The summed E-state index contributed by atoms with van der Waals surface area (Å²) < 4.78 is 10.4. The highest BCUT2D eigenvalue weighted by atomic mass is 16.5. The maximum absolute atomic E-state index is 11.3. The molecular formula is C12H15NO3. The van der Waals surface area contributed by atoms with E-state index >= 15 is 0 Å². The number of methoxy groups -OCH3 is 1. The number of carbonyl (C=O) groups is 1. The van der Waals surface area contributed by atoms with Crippen LogP contribution in [-0.4, -0.2) is 26.2 Å². The largest absolute Gasteiger partial charge is 0.493 e. The quantitative estimate of drug-likeness (QED) is 0.738. The van der Waals surface area contributed by atoms with Gasteiger partial charge in [0.2, 0.25) is 0 Å². The molecule has 0 unspecified atom stereocenters. The van der Waals surface area contributed by atoms with Crippen molar-refractivity contribution in [3.8, 4) is 11.5 Å². The number of para-hydroxylation sites is 2. The van der Waals surface area contributed by atoms with Crippen LogP contribution in [0.2, 0.25) is 0 Å². The molecule has 0 radical (unpaired) electrons. The smallest absolute Gasteiger partial charge is 0.258 e. The van der Waals surface area contributed by atoms with Crippen LogP contribution in [0.5, 0.6) is 11.5 Å². The summed E-state index contributed by atoms with van der Waals surface area (Å²) in [6.07, 6.45) is 1.61. The molecule has 1 aromatic carbocycles. The Morgan fingerprint density at radius 2 is 2.12 bits per heavy atom. The fourth-order valence-electron chi connectivity index (χ4n) is 1.12. The number of hydrogen-bond donors (Lipinski definition) is 1. The summed E-state index contributed by atoms with van der Waals surface area (Å²) in [6.45, 7) is 3.91. The molecule has 1 rings (SSSR count). The Hall–Kier alpha value is -1.97. The highest BCUT2D eigenvalue weighted by Gasteiger charge is 2.05. The van der Waals surface area contributed by atoms with Crippen LogP contribution in [0, 0.1) is 0 Å². The van der Waals surface area contributed by atoms with Gasteiger partial charge in [-0.15, -0.1) is 6.58 Å². The van der Waals surface area contributed by atoms with Gasteiger partial charge in [-0.05, 0) is 12.1 Å². The Balaban J connectivity index is 2.47. The van der Waals surface area contributed by atoms with E-state index in [4.69, 9.17) is 9.47 Å². The van der Waals surface area contributed by atoms with Crippen LogP contribution in [0.15, 0.2) is 36.9 Å². The SMILES string of the molecule is C=CCNC(=O)COc1ccccc1OC. The molecule has 4 heteroatoms. The van der Waals surface area contributed by atoms with Crippen molar-refractivity contribution in [1.82, 2.24) is 5.32 Å². The molecule has 86 valence electrons. The maximum Gasteiger partial charge on any atom is 0.258 e. The second-order valence-electron chi connectivity index (χ2n) is 3.03. The third-order valence-corrected chi connectivity index (χ3v) is 1.87. The first-order chi connectivity index (χ1) is 7.77. The Labute approximate surface area is 94.9 Å². The van der Waals surface area contributed by atoms with E-state index in [-0.39, 0.29) is 12.5 Å². The van der Waals surface area contributed by atoms with Crippen molar-refractivity contribution in [3.05, 3.63) is 36.9 Å². The molecule has 4 nitrogen and oxygen atoms in total. The number of carbonyl (C=O) groups excluding carboxylic acids is 1. The number of benzene rings is 1. The van der Waals surface area contributed by atoms with E-state index in [0.29, 0.717) is 18.0 Å². The van der Waals surface area contributed by atoms with E-state index in [0.717, 1.165) is 0 Å². The van der Waals surface area contributed by atoms with Crippen LogP contribution in [-0.2, 0) is 4.79 Å². The van der Waals surface area contributed by atoms with Gasteiger partial charge in [0.25, 0.3) is 5.91 Å². The number of ether oxygens (including phenoxy) is 2. The summed E-state index contributed by atoms with van der Waals surface area (Å²) in [5.74, 6) is 0.976. The van der Waals surface area contributed by atoms with Gasteiger partial charge in [0.05, 0.1) is 7.11 Å². The van der Waals surface area contributed by atoms with Crippen LogP contribution in [0.1, 0.15) is 0 Å². The summed E-state index contributed by atoms with van der Waals surface area (Å²) >= 11 is 0. The molecule has 1 amide bonds. The van der Waals surface area contributed by atoms with Crippen molar-refractivity contribution in [2.24, 2.45) is 0 Å². The van der Waals surface area contributed by atoms with Gasteiger partial charge in [0.15, 0.2) is 18.1 Å². The lowest BCUT2D eigenvalue weighted by Crippen LogP contribution is -2.28. The Morgan fingerprint density at radius 1 is 1.44 bits per heavy atom. The average molecular weight is 221 g/mol. The fourth-order valence-corrected chi connectivity index (χ4v) is 1.12. The topological polar surface area (TPSA) is 47.6 Å². The first-order valence-corrected chi connectivity index (χ1v) is 4.91. The van der Waals surface area contributed by atoms with Crippen molar-refractivity contribution in [2.75, 3.05) is 20.3 Å². The second kappa shape index (κ2) is 6.50. The summed E-state index contributed by atoms with van der Waals surface area (Å²) in [5.41, 5.74) is 0. The molecule has 16 heavy (non-hydrogen) atoms. The van der Waals surface area contributed by atoms with E-state index in [2.05, 4.69) is 11.9 Å². The van der Waals surface area contributed by atoms with E-state index < -0.39 is 0 Å². The zero-order valence-corrected chi connectivity index (χ0v) is 9.23. The van der Waals surface area contributed by atoms with Crippen molar-refractivity contribution in [1.29, 1.82) is 0 Å². The highest BCUT2D eigenvalue weighted by molar-refractivity contribution is 5.77. The Kier molecular flexibility index (Phi) is 4.92. The third-order valence-electron chi connectivity index (χ3n) is 1.87. The summed E-state index contributed by atoms with van der Waals surface area (Å²) in [4.78, 5) is 11.3. The highest BCUT2D eigenvalue weighted by Crippen LogP contribution is 2.25. The van der Waals surface area contributed by atoms with Crippen molar-refractivity contribution in [3.63, 3.8) is 0 Å².